The van der Waals surface area contributed by atoms with Gasteiger partial charge in [0.05, 0.1) is 16.8 Å². The average Bonchev–Trinajstić information content (AvgIpc) is 3.31. The fraction of sp³-hybridized carbons (Fsp3) is 0.320. The molecule has 0 unspecified atom stereocenters. The van der Waals surface area contributed by atoms with Crippen LogP contribution in [0.2, 0.25) is 5.02 Å². The number of benzene rings is 1. The molecule has 5 nitrogen and oxygen atoms in total. The second kappa shape index (κ2) is 8.78. The third-order valence-corrected chi connectivity index (χ3v) is 8.83. The maximum absolute atomic E-state index is 13.8. The zero-order valence-electron chi connectivity index (χ0n) is 18.8. The number of halogens is 1. The number of ketones is 1. The Morgan fingerprint density at radius 1 is 1.18 bits per heavy atom. The molecule has 1 aliphatic carbocycles. The van der Waals surface area contributed by atoms with E-state index in [0.717, 1.165) is 58.4 Å². The molecule has 0 fully saturated rings. The van der Waals surface area contributed by atoms with Crippen LogP contribution in [0.1, 0.15) is 45.0 Å². The summed E-state index contributed by atoms with van der Waals surface area (Å²) in [7, 11) is 1.96. The second-order valence-corrected chi connectivity index (χ2v) is 10.9. The number of fused-ring (bicyclic) bond motifs is 3. The molecule has 5 rings (SSSR count). The van der Waals surface area contributed by atoms with Crippen molar-refractivity contribution in [2.75, 3.05) is 5.75 Å². The highest BCUT2D eigenvalue weighted by atomic mass is 35.5. The SMILES string of the molecule is Cc1cc(C(=O)CSc2nc3sc4c(c3c(=O)n2-c2ccc(Cl)cc2)CCCC4)c(C)n1C. The lowest BCUT2D eigenvalue weighted by Crippen LogP contribution is -2.22. The minimum Gasteiger partial charge on any atom is -0.351 e. The molecule has 33 heavy (non-hydrogen) atoms. The molecule has 8 heteroatoms. The molecule has 4 aromatic rings. The van der Waals surface area contributed by atoms with Gasteiger partial charge in [0.15, 0.2) is 10.9 Å². The number of carbonyl (C=O) groups is 1. The van der Waals surface area contributed by atoms with Crippen LogP contribution >= 0.6 is 34.7 Å². The monoisotopic (exact) mass is 497 g/mol. The summed E-state index contributed by atoms with van der Waals surface area (Å²) in [6.07, 6.45) is 4.17. The van der Waals surface area contributed by atoms with Crippen LogP contribution < -0.4 is 5.56 Å². The van der Waals surface area contributed by atoms with E-state index in [1.54, 1.807) is 28.0 Å². The van der Waals surface area contributed by atoms with Crippen LogP contribution in [0.4, 0.5) is 0 Å². The van der Waals surface area contributed by atoms with Crippen LogP contribution in [0, 0.1) is 13.8 Å². The summed E-state index contributed by atoms with van der Waals surface area (Å²) in [5.74, 6) is 0.240. The first-order valence-electron chi connectivity index (χ1n) is 11.0. The van der Waals surface area contributed by atoms with E-state index in [9.17, 15) is 9.59 Å². The summed E-state index contributed by atoms with van der Waals surface area (Å²) in [4.78, 5) is 33.8. The van der Waals surface area contributed by atoms with Gasteiger partial charge in [-0.25, -0.2) is 4.98 Å². The van der Waals surface area contributed by atoms with Crippen LogP contribution in [0.25, 0.3) is 15.9 Å². The molecular weight excluding hydrogens is 474 g/mol. The van der Waals surface area contributed by atoms with Crippen molar-refractivity contribution in [1.29, 1.82) is 0 Å². The molecule has 0 bridgehead atoms. The van der Waals surface area contributed by atoms with Crippen molar-refractivity contribution < 1.29 is 4.79 Å². The Bertz CT molecular complexity index is 1450. The lowest BCUT2D eigenvalue weighted by Gasteiger charge is -2.13. The molecule has 0 spiro atoms. The molecule has 3 heterocycles. The zero-order valence-corrected chi connectivity index (χ0v) is 21.2. The van der Waals surface area contributed by atoms with Gasteiger partial charge in [-0.3, -0.25) is 14.2 Å². The number of hydrogen-bond acceptors (Lipinski definition) is 5. The summed E-state index contributed by atoms with van der Waals surface area (Å²) < 4.78 is 3.66. The lowest BCUT2D eigenvalue weighted by molar-refractivity contribution is 0.102. The van der Waals surface area contributed by atoms with Gasteiger partial charge < -0.3 is 4.57 Å². The van der Waals surface area contributed by atoms with Gasteiger partial charge in [-0.15, -0.1) is 11.3 Å². The summed E-state index contributed by atoms with van der Waals surface area (Å²) in [5, 5.41) is 1.87. The van der Waals surface area contributed by atoms with Crippen LogP contribution in [0.3, 0.4) is 0 Å². The molecule has 1 aromatic carbocycles. The molecule has 0 N–H and O–H groups in total. The Hall–Kier alpha value is -2.35. The first-order valence-corrected chi connectivity index (χ1v) is 13.2. The van der Waals surface area contributed by atoms with Crippen molar-refractivity contribution in [2.24, 2.45) is 7.05 Å². The predicted octanol–water partition coefficient (Wildman–Crippen LogP) is 5.91. The fourth-order valence-corrected chi connectivity index (χ4v) is 6.77. The van der Waals surface area contributed by atoms with Gasteiger partial charge in [0.25, 0.3) is 5.56 Å². The third kappa shape index (κ3) is 3.96. The van der Waals surface area contributed by atoms with E-state index in [1.807, 2.05) is 43.7 Å². The number of aryl methyl sites for hydroxylation is 3. The standard InChI is InChI=1S/C25H24ClN3O2S2/c1-14-12-19(15(2)28(14)3)20(30)13-32-25-27-23-22(18-6-4-5-7-21(18)33-23)24(31)29(25)17-10-8-16(26)9-11-17/h8-12H,4-7,13H2,1-3H3. The molecule has 0 saturated heterocycles. The van der Waals surface area contributed by atoms with E-state index in [0.29, 0.717) is 15.9 Å². The average molecular weight is 498 g/mol. The van der Waals surface area contributed by atoms with E-state index in [-0.39, 0.29) is 17.1 Å². The molecule has 0 amide bonds. The Morgan fingerprint density at radius 2 is 1.91 bits per heavy atom. The highest BCUT2D eigenvalue weighted by molar-refractivity contribution is 7.99. The topological polar surface area (TPSA) is 56.9 Å². The summed E-state index contributed by atoms with van der Waals surface area (Å²) in [6.45, 7) is 3.94. The van der Waals surface area contributed by atoms with Crippen molar-refractivity contribution in [3.8, 4) is 5.69 Å². The van der Waals surface area contributed by atoms with E-state index >= 15 is 0 Å². The minimum absolute atomic E-state index is 0.0312. The van der Waals surface area contributed by atoms with E-state index in [1.165, 1.54) is 16.6 Å². The zero-order chi connectivity index (χ0) is 23.3. The van der Waals surface area contributed by atoms with Crippen molar-refractivity contribution in [3.63, 3.8) is 0 Å². The molecule has 0 saturated carbocycles. The lowest BCUT2D eigenvalue weighted by atomic mass is 9.97. The largest absolute Gasteiger partial charge is 0.351 e. The number of rotatable bonds is 5. The molecule has 170 valence electrons. The van der Waals surface area contributed by atoms with Gasteiger partial charge in [-0.2, -0.15) is 0 Å². The number of nitrogens with zero attached hydrogens (tertiary/aromatic N) is 3. The van der Waals surface area contributed by atoms with Crippen LogP contribution in [0.5, 0.6) is 0 Å². The maximum atomic E-state index is 13.8. The molecule has 1 aliphatic rings. The van der Waals surface area contributed by atoms with Crippen LogP contribution in [0.15, 0.2) is 40.3 Å². The normalized spacial score (nSPS) is 13.5. The van der Waals surface area contributed by atoms with Crippen molar-refractivity contribution in [1.82, 2.24) is 14.1 Å². The number of aromatic nitrogens is 3. The number of thiophene rings is 1. The molecule has 0 radical (unpaired) electrons. The van der Waals surface area contributed by atoms with Gasteiger partial charge >= 0.3 is 0 Å². The van der Waals surface area contributed by atoms with Crippen LogP contribution in [-0.2, 0) is 19.9 Å². The summed E-state index contributed by atoms with van der Waals surface area (Å²) in [5.41, 5.74) is 4.50. The quantitative estimate of drug-likeness (QED) is 0.195. The minimum atomic E-state index is -0.0663. The molecule has 0 aliphatic heterocycles. The van der Waals surface area contributed by atoms with Crippen molar-refractivity contribution in [2.45, 2.75) is 44.7 Å². The van der Waals surface area contributed by atoms with Gasteiger partial charge in [0.2, 0.25) is 0 Å². The van der Waals surface area contributed by atoms with Gasteiger partial charge in [0.1, 0.15) is 4.83 Å². The number of Topliss-reactive ketones (excluding diaryl/α,β-unsaturated/α-hetero) is 1. The first-order chi connectivity index (χ1) is 15.8. The third-order valence-electron chi connectivity index (χ3n) is 6.45. The highest BCUT2D eigenvalue weighted by Crippen LogP contribution is 2.35. The number of carbonyl (C=O) groups excluding carboxylic acids is 1. The Kier molecular flexibility index (Phi) is 5.97. The summed E-state index contributed by atoms with van der Waals surface area (Å²) in [6, 6.07) is 9.12. The number of hydrogen-bond donors (Lipinski definition) is 0. The maximum Gasteiger partial charge on any atom is 0.267 e. The van der Waals surface area contributed by atoms with Gasteiger partial charge in [-0.1, -0.05) is 23.4 Å². The van der Waals surface area contributed by atoms with Crippen molar-refractivity contribution in [3.05, 3.63) is 73.1 Å². The van der Waals surface area contributed by atoms with Gasteiger partial charge in [0, 0.05) is 33.9 Å². The first kappa shape index (κ1) is 22.4. The van der Waals surface area contributed by atoms with Crippen LogP contribution in [-0.4, -0.2) is 25.7 Å². The molecule has 0 atom stereocenters. The molecule has 3 aromatic heterocycles. The van der Waals surface area contributed by atoms with Gasteiger partial charge in [-0.05, 0) is 75.4 Å². The highest BCUT2D eigenvalue weighted by Gasteiger charge is 2.24. The van der Waals surface area contributed by atoms with Crippen molar-refractivity contribution >= 4 is 50.7 Å². The molecular formula is C25H24ClN3O2S2. The van der Waals surface area contributed by atoms with E-state index < -0.39 is 0 Å². The summed E-state index contributed by atoms with van der Waals surface area (Å²) >= 11 is 9.04. The smallest absolute Gasteiger partial charge is 0.267 e. The fourth-order valence-electron chi connectivity index (χ4n) is 4.45. The van der Waals surface area contributed by atoms with E-state index in [2.05, 4.69) is 0 Å². The predicted molar refractivity (Wildman–Crippen MR) is 137 cm³/mol. The van der Waals surface area contributed by atoms with E-state index in [4.69, 9.17) is 16.6 Å². The Morgan fingerprint density at radius 3 is 2.61 bits per heavy atom. The number of thioether (sulfide) groups is 1. The Labute approximate surface area is 205 Å². The Balaban J connectivity index is 1.60. The second-order valence-electron chi connectivity index (χ2n) is 8.46.